The van der Waals surface area contributed by atoms with Crippen LogP contribution in [0.3, 0.4) is 0 Å². The van der Waals surface area contributed by atoms with Gasteiger partial charge in [-0.3, -0.25) is 14.5 Å². The zero-order valence-electron chi connectivity index (χ0n) is 20.1. The van der Waals surface area contributed by atoms with Crippen molar-refractivity contribution in [1.82, 2.24) is 4.98 Å². The summed E-state index contributed by atoms with van der Waals surface area (Å²) in [5.74, 6) is -2.23. The number of hydrogen-bond acceptors (Lipinski definition) is 8. The Morgan fingerprint density at radius 3 is 2.65 bits per heavy atom. The largest absolute Gasteiger partial charge is 0.507 e. The summed E-state index contributed by atoms with van der Waals surface area (Å²) in [5, 5.41) is 11.8. The number of carbonyl (C=O) groups is 3. The number of ether oxygens (including phenoxy) is 2. The molecule has 2 heterocycles. The van der Waals surface area contributed by atoms with Crippen LogP contribution in [0, 0.1) is 6.92 Å². The summed E-state index contributed by atoms with van der Waals surface area (Å²) < 4.78 is 10.8. The zero-order chi connectivity index (χ0) is 26.7. The summed E-state index contributed by atoms with van der Waals surface area (Å²) >= 11 is 6.93. The normalized spacial score (nSPS) is 16.6. The molecule has 37 heavy (non-hydrogen) atoms. The van der Waals surface area contributed by atoms with E-state index in [4.69, 9.17) is 21.1 Å². The first-order valence-electron chi connectivity index (χ1n) is 11.3. The molecule has 1 N–H and O–H groups in total. The van der Waals surface area contributed by atoms with Crippen LogP contribution in [0.5, 0.6) is 5.75 Å². The number of aliphatic hydroxyl groups is 1. The third-order valence-corrected chi connectivity index (χ3v) is 6.94. The minimum absolute atomic E-state index is 0.125. The number of aryl methyl sites for hydroxylation is 1. The van der Waals surface area contributed by atoms with E-state index < -0.39 is 23.7 Å². The van der Waals surface area contributed by atoms with E-state index in [1.165, 1.54) is 4.90 Å². The lowest BCUT2D eigenvalue weighted by molar-refractivity contribution is -0.132. The van der Waals surface area contributed by atoms with Crippen molar-refractivity contribution in [2.45, 2.75) is 19.9 Å². The highest BCUT2D eigenvalue weighted by molar-refractivity contribution is 7.17. The molecule has 190 valence electrons. The first kappa shape index (κ1) is 26.1. The molecule has 3 aromatic rings. The van der Waals surface area contributed by atoms with Gasteiger partial charge in [0.15, 0.2) is 5.13 Å². The molecule has 1 amide bonds. The molecule has 1 atom stereocenters. The first-order chi connectivity index (χ1) is 17.8. The number of carbonyl (C=O) groups excluding carboxylic acids is 3. The molecule has 0 saturated carbocycles. The van der Waals surface area contributed by atoms with E-state index in [0.29, 0.717) is 27.6 Å². The zero-order valence-corrected chi connectivity index (χ0v) is 21.6. The minimum atomic E-state index is -1.04. The number of nitrogens with zero attached hydrogens (tertiary/aromatic N) is 2. The molecule has 1 aromatic heterocycles. The molecule has 8 nitrogen and oxygen atoms in total. The molecule has 0 spiro atoms. The van der Waals surface area contributed by atoms with Crippen LogP contribution in [-0.2, 0) is 14.3 Å². The predicted octanol–water partition coefficient (Wildman–Crippen LogP) is 5.47. The monoisotopic (exact) mass is 538 g/mol. The molecule has 2 aromatic carbocycles. The van der Waals surface area contributed by atoms with Crippen molar-refractivity contribution in [3.63, 3.8) is 0 Å². The second-order valence-electron chi connectivity index (χ2n) is 7.98. The fraction of sp³-hybridized carbons (Fsp3) is 0.185. The standard InChI is InChI=1S/C27H23ClN2O6S/c1-4-13-36-19-8-6-7-17(14-19)21-20(22(31)16-9-11-18(28)12-10-16)23(32)25(33)30(21)27-29-15(3)24(37-27)26(34)35-5-2/h4,6-12,14,21,31H,1,5,13H2,2-3H3. The number of aromatic nitrogens is 1. The summed E-state index contributed by atoms with van der Waals surface area (Å²) in [4.78, 5) is 45.0. The average Bonchev–Trinajstić information content (AvgIpc) is 3.40. The maximum absolute atomic E-state index is 13.4. The maximum Gasteiger partial charge on any atom is 0.350 e. The Morgan fingerprint density at radius 1 is 1.24 bits per heavy atom. The van der Waals surface area contributed by atoms with E-state index in [2.05, 4.69) is 11.6 Å². The van der Waals surface area contributed by atoms with E-state index >= 15 is 0 Å². The highest BCUT2D eigenvalue weighted by atomic mass is 35.5. The summed E-state index contributed by atoms with van der Waals surface area (Å²) in [6, 6.07) is 12.0. The molecule has 0 bridgehead atoms. The lowest BCUT2D eigenvalue weighted by Gasteiger charge is -2.23. The second kappa shape index (κ2) is 11.0. The SMILES string of the molecule is C=CCOc1cccc(C2C(=C(O)c3ccc(Cl)cc3)C(=O)C(=O)N2c2nc(C)c(C(=O)OCC)s2)c1. The van der Waals surface area contributed by atoms with Gasteiger partial charge in [0.2, 0.25) is 0 Å². The lowest BCUT2D eigenvalue weighted by atomic mass is 9.95. The number of esters is 1. The van der Waals surface area contributed by atoms with Crippen molar-refractivity contribution >= 4 is 51.5 Å². The van der Waals surface area contributed by atoms with Crippen molar-refractivity contribution in [3.8, 4) is 5.75 Å². The van der Waals surface area contributed by atoms with E-state index in [9.17, 15) is 19.5 Å². The molecule has 4 rings (SSSR count). The van der Waals surface area contributed by atoms with Crippen molar-refractivity contribution < 1.29 is 29.0 Å². The predicted molar refractivity (Wildman–Crippen MR) is 141 cm³/mol. The van der Waals surface area contributed by atoms with Gasteiger partial charge in [0.1, 0.15) is 23.0 Å². The van der Waals surface area contributed by atoms with Crippen LogP contribution in [0.25, 0.3) is 5.76 Å². The molecular weight excluding hydrogens is 516 g/mol. The topological polar surface area (TPSA) is 106 Å². The maximum atomic E-state index is 13.4. The van der Waals surface area contributed by atoms with Crippen LogP contribution in [0.1, 0.15) is 39.5 Å². The van der Waals surface area contributed by atoms with Gasteiger partial charge < -0.3 is 14.6 Å². The number of aliphatic hydroxyl groups excluding tert-OH is 1. The van der Waals surface area contributed by atoms with Crippen molar-refractivity contribution in [2.75, 3.05) is 18.1 Å². The van der Waals surface area contributed by atoms with E-state index in [1.54, 1.807) is 68.5 Å². The fourth-order valence-corrected chi connectivity index (χ4v) is 5.02. The van der Waals surface area contributed by atoms with E-state index in [1.807, 2.05) is 0 Å². The van der Waals surface area contributed by atoms with Gasteiger partial charge in [-0.2, -0.15) is 0 Å². The highest BCUT2D eigenvalue weighted by Crippen LogP contribution is 2.44. The van der Waals surface area contributed by atoms with Crippen LogP contribution in [-0.4, -0.2) is 41.0 Å². The smallest absolute Gasteiger partial charge is 0.350 e. The van der Waals surface area contributed by atoms with Gasteiger partial charge in [-0.05, 0) is 55.8 Å². The van der Waals surface area contributed by atoms with Crippen LogP contribution < -0.4 is 9.64 Å². The van der Waals surface area contributed by atoms with Crippen LogP contribution in [0.4, 0.5) is 5.13 Å². The van der Waals surface area contributed by atoms with E-state index in [-0.39, 0.29) is 34.6 Å². The molecule has 1 saturated heterocycles. The molecule has 1 unspecified atom stereocenters. The van der Waals surface area contributed by atoms with Gasteiger partial charge in [-0.25, -0.2) is 9.78 Å². The van der Waals surface area contributed by atoms with Gasteiger partial charge in [-0.1, -0.05) is 47.7 Å². The quantitative estimate of drug-likeness (QED) is 0.133. The molecule has 1 aliphatic heterocycles. The third kappa shape index (κ3) is 5.14. The minimum Gasteiger partial charge on any atom is -0.507 e. The Labute approximate surface area is 222 Å². The van der Waals surface area contributed by atoms with Gasteiger partial charge >= 0.3 is 11.9 Å². The van der Waals surface area contributed by atoms with Gasteiger partial charge in [0.25, 0.3) is 5.78 Å². The Hall–Kier alpha value is -3.95. The Morgan fingerprint density at radius 2 is 1.97 bits per heavy atom. The fourth-order valence-electron chi connectivity index (χ4n) is 3.91. The molecule has 1 fully saturated rings. The van der Waals surface area contributed by atoms with Crippen molar-refractivity contribution in [3.05, 3.63) is 93.5 Å². The van der Waals surface area contributed by atoms with E-state index in [0.717, 1.165) is 11.3 Å². The van der Waals surface area contributed by atoms with Crippen molar-refractivity contribution in [2.24, 2.45) is 0 Å². The number of halogens is 1. The molecular formula is C27H23ClN2O6S. The van der Waals surface area contributed by atoms with Gasteiger partial charge in [0.05, 0.1) is 23.9 Å². The number of thiazole rings is 1. The number of ketones is 1. The number of rotatable bonds is 8. The highest BCUT2D eigenvalue weighted by Gasteiger charge is 2.48. The molecule has 10 heteroatoms. The number of benzene rings is 2. The number of anilines is 1. The summed E-state index contributed by atoms with van der Waals surface area (Å²) in [5.41, 5.74) is 1.05. The number of Topliss-reactive ketones (excluding diaryl/α,β-unsaturated/α-hetero) is 1. The Balaban J connectivity index is 1.90. The Bertz CT molecular complexity index is 1410. The van der Waals surface area contributed by atoms with Crippen LogP contribution in [0.2, 0.25) is 5.02 Å². The molecule has 0 aliphatic carbocycles. The second-order valence-corrected chi connectivity index (χ2v) is 9.39. The van der Waals surface area contributed by atoms with Crippen LogP contribution in [0.15, 0.2) is 66.8 Å². The Kier molecular flexibility index (Phi) is 7.75. The number of amides is 1. The first-order valence-corrected chi connectivity index (χ1v) is 12.5. The van der Waals surface area contributed by atoms with Gasteiger partial charge in [0, 0.05) is 10.6 Å². The summed E-state index contributed by atoms with van der Waals surface area (Å²) in [6.07, 6.45) is 1.59. The summed E-state index contributed by atoms with van der Waals surface area (Å²) in [6.45, 7) is 7.38. The molecule has 1 aliphatic rings. The summed E-state index contributed by atoms with van der Waals surface area (Å²) in [7, 11) is 0. The lowest BCUT2D eigenvalue weighted by Crippen LogP contribution is -2.29. The third-order valence-electron chi connectivity index (χ3n) is 5.56. The van der Waals surface area contributed by atoms with Crippen LogP contribution >= 0.6 is 22.9 Å². The number of hydrogen-bond donors (Lipinski definition) is 1. The van der Waals surface area contributed by atoms with Gasteiger partial charge in [-0.15, -0.1) is 0 Å². The molecule has 0 radical (unpaired) electrons. The van der Waals surface area contributed by atoms with Crippen molar-refractivity contribution in [1.29, 1.82) is 0 Å². The average molecular weight is 539 g/mol.